The molecule has 5 atom stereocenters. The fourth-order valence-corrected chi connectivity index (χ4v) is 7.26. The van der Waals surface area contributed by atoms with Crippen LogP contribution in [0, 0.1) is 28.6 Å². The number of allylic oxidation sites excluding steroid dienone is 1. The molecule has 1 aliphatic heterocycles. The molecule has 1 saturated heterocycles. The van der Waals surface area contributed by atoms with Crippen LogP contribution in [0.25, 0.3) is 0 Å². The van der Waals surface area contributed by atoms with Gasteiger partial charge in [0.1, 0.15) is 0 Å². The van der Waals surface area contributed by atoms with E-state index >= 15 is 0 Å². The lowest BCUT2D eigenvalue weighted by Gasteiger charge is -2.58. The van der Waals surface area contributed by atoms with Crippen LogP contribution in [-0.2, 0) is 14.3 Å². The Labute approximate surface area is 154 Å². The second kappa shape index (κ2) is 5.19. The van der Waals surface area contributed by atoms with Gasteiger partial charge in [0.15, 0.2) is 17.4 Å². The first kappa shape index (κ1) is 17.4. The van der Waals surface area contributed by atoms with E-state index in [1.165, 1.54) is 0 Å². The number of carbonyl (C=O) groups excluding carboxylic acids is 1. The van der Waals surface area contributed by atoms with Gasteiger partial charge in [0, 0.05) is 30.6 Å². The van der Waals surface area contributed by atoms with Gasteiger partial charge in [-0.05, 0) is 49.0 Å². The summed E-state index contributed by atoms with van der Waals surface area (Å²) in [4.78, 5) is 13.2. The summed E-state index contributed by atoms with van der Waals surface area (Å²) in [6, 6.07) is 0. The lowest BCUT2D eigenvalue weighted by Crippen LogP contribution is -2.57. The van der Waals surface area contributed by atoms with Crippen molar-refractivity contribution >= 4 is 5.78 Å². The molecule has 5 aliphatic rings. The van der Waals surface area contributed by atoms with E-state index in [0.29, 0.717) is 25.6 Å². The molecule has 26 heavy (non-hydrogen) atoms. The SMILES string of the molecule is C[C@]12CCC(O)(O)CC1=CC(=O)C1C2CC[C@@]2(C)C1CCC21OCCO1. The zero-order valence-corrected chi connectivity index (χ0v) is 15.8. The van der Waals surface area contributed by atoms with Gasteiger partial charge in [-0.1, -0.05) is 19.4 Å². The fraction of sp³-hybridized carbons (Fsp3) is 0.857. The summed E-state index contributed by atoms with van der Waals surface area (Å²) in [5, 5.41) is 20.2. The Morgan fingerprint density at radius 1 is 1.00 bits per heavy atom. The largest absolute Gasteiger partial charge is 0.365 e. The van der Waals surface area contributed by atoms with Crippen LogP contribution >= 0.6 is 0 Å². The third-order valence-electron chi connectivity index (χ3n) is 8.78. The van der Waals surface area contributed by atoms with Crippen molar-refractivity contribution < 1.29 is 24.5 Å². The summed E-state index contributed by atoms with van der Waals surface area (Å²) in [7, 11) is 0. The smallest absolute Gasteiger partial charge is 0.174 e. The molecule has 0 bridgehead atoms. The highest BCUT2D eigenvalue weighted by atomic mass is 16.7. The van der Waals surface area contributed by atoms with Crippen molar-refractivity contribution in [3.63, 3.8) is 0 Å². The lowest BCUT2D eigenvalue weighted by molar-refractivity contribution is -0.242. The molecule has 0 radical (unpaired) electrons. The molecule has 0 aromatic rings. The van der Waals surface area contributed by atoms with E-state index in [4.69, 9.17) is 9.47 Å². The number of hydrogen-bond donors (Lipinski definition) is 2. The highest BCUT2D eigenvalue weighted by molar-refractivity contribution is 5.94. The second-order valence-electron chi connectivity index (χ2n) is 9.83. The third-order valence-corrected chi connectivity index (χ3v) is 8.78. The number of rotatable bonds is 0. The molecule has 2 N–H and O–H groups in total. The molecular formula is C21H30O5. The number of aliphatic hydroxyl groups is 2. The molecule has 144 valence electrons. The second-order valence-corrected chi connectivity index (χ2v) is 9.83. The molecule has 3 saturated carbocycles. The highest BCUT2D eigenvalue weighted by Gasteiger charge is 2.68. The molecule has 4 fully saturated rings. The Morgan fingerprint density at radius 3 is 2.42 bits per heavy atom. The van der Waals surface area contributed by atoms with Crippen molar-refractivity contribution in [2.45, 2.75) is 70.4 Å². The molecule has 5 nitrogen and oxygen atoms in total. The van der Waals surface area contributed by atoms with Crippen LogP contribution in [-0.4, -0.2) is 40.8 Å². The average molecular weight is 362 g/mol. The monoisotopic (exact) mass is 362 g/mol. The normalized spacial score (nSPS) is 48.7. The van der Waals surface area contributed by atoms with Gasteiger partial charge in [-0.15, -0.1) is 0 Å². The number of ketones is 1. The van der Waals surface area contributed by atoms with Crippen LogP contribution in [0.3, 0.4) is 0 Å². The molecule has 1 heterocycles. The van der Waals surface area contributed by atoms with E-state index in [-0.39, 0.29) is 34.9 Å². The van der Waals surface area contributed by atoms with Gasteiger partial charge in [0.25, 0.3) is 0 Å². The molecule has 1 spiro atoms. The molecular weight excluding hydrogens is 332 g/mol. The van der Waals surface area contributed by atoms with Crippen LogP contribution in [0.15, 0.2) is 11.6 Å². The molecule has 0 aromatic heterocycles. The number of fused-ring (bicyclic) bond motifs is 6. The van der Waals surface area contributed by atoms with E-state index < -0.39 is 11.6 Å². The third kappa shape index (κ3) is 2.03. The standard InChI is InChI=1S/C21H30O5/c1-18-7-8-20(23,24)12-13(18)11-16(22)17-14(18)3-5-19(2)15(17)4-6-21(19)25-9-10-26-21/h11,14-15,17,23-24H,3-10,12H2,1-2H3/t14?,15?,17?,18-,19-/m0/s1. The van der Waals surface area contributed by atoms with E-state index in [1.54, 1.807) is 6.08 Å². The highest BCUT2D eigenvalue weighted by Crippen LogP contribution is 2.68. The fourth-order valence-electron chi connectivity index (χ4n) is 7.26. The molecule has 5 heteroatoms. The van der Waals surface area contributed by atoms with Crippen LogP contribution in [0.2, 0.25) is 0 Å². The minimum atomic E-state index is -1.66. The van der Waals surface area contributed by atoms with E-state index in [2.05, 4.69) is 13.8 Å². The summed E-state index contributed by atoms with van der Waals surface area (Å²) >= 11 is 0. The van der Waals surface area contributed by atoms with Crippen LogP contribution in [0.5, 0.6) is 0 Å². The summed E-state index contributed by atoms with van der Waals surface area (Å²) in [5.74, 6) is -1.38. The van der Waals surface area contributed by atoms with Gasteiger partial charge in [0.05, 0.1) is 13.2 Å². The van der Waals surface area contributed by atoms with Gasteiger partial charge in [0.2, 0.25) is 0 Å². The van der Waals surface area contributed by atoms with Crippen LogP contribution in [0.1, 0.15) is 58.8 Å². The number of carbonyl (C=O) groups is 1. The van der Waals surface area contributed by atoms with Crippen molar-refractivity contribution in [1.29, 1.82) is 0 Å². The first-order valence-electron chi connectivity index (χ1n) is 10.2. The molecule has 0 aromatic carbocycles. The van der Waals surface area contributed by atoms with Gasteiger partial charge in [-0.2, -0.15) is 0 Å². The van der Waals surface area contributed by atoms with Crippen LogP contribution in [0.4, 0.5) is 0 Å². The number of hydrogen-bond acceptors (Lipinski definition) is 5. The molecule has 3 unspecified atom stereocenters. The lowest BCUT2D eigenvalue weighted by atomic mass is 9.47. The summed E-state index contributed by atoms with van der Waals surface area (Å²) in [6.07, 6.45) is 6.94. The first-order chi connectivity index (χ1) is 12.2. The van der Waals surface area contributed by atoms with Crippen molar-refractivity contribution in [2.24, 2.45) is 28.6 Å². The molecule has 4 aliphatic carbocycles. The van der Waals surface area contributed by atoms with Crippen molar-refractivity contribution in [3.8, 4) is 0 Å². The van der Waals surface area contributed by atoms with E-state index in [0.717, 1.165) is 37.7 Å². The van der Waals surface area contributed by atoms with Crippen molar-refractivity contribution in [1.82, 2.24) is 0 Å². The summed E-state index contributed by atoms with van der Waals surface area (Å²) in [6.45, 7) is 5.82. The number of ether oxygens (including phenoxy) is 2. The Morgan fingerprint density at radius 2 is 1.69 bits per heavy atom. The zero-order chi connectivity index (χ0) is 18.4. The van der Waals surface area contributed by atoms with Crippen molar-refractivity contribution in [2.75, 3.05) is 13.2 Å². The Balaban J connectivity index is 1.54. The quantitative estimate of drug-likeness (QED) is 0.648. The molecule has 0 amide bonds. The first-order valence-corrected chi connectivity index (χ1v) is 10.2. The average Bonchev–Trinajstić information content (AvgIpc) is 3.16. The maximum absolute atomic E-state index is 13.2. The predicted octanol–water partition coefficient (Wildman–Crippen LogP) is 2.55. The minimum Gasteiger partial charge on any atom is -0.365 e. The topological polar surface area (TPSA) is 76.0 Å². The van der Waals surface area contributed by atoms with Crippen molar-refractivity contribution in [3.05, 3.63) is 11.6 Å². The maximum Gasteiger partial charge on any atom is 0.174 e. The van der Waals surface area contributed by atoms with Gasteiger partial charge in [-0.25, -0.2) is 0 Å². The van der Waals surface area contributed by atoms with E-state index in [9.17, 15) is 15.0 Å². The zero-order valence-electron chi connectivity index (χ0n) is 15.8. The van der Waals surface area contributed by atoms with Gasteiger partial charge >= 0.3 is 0 Å². The van der Waals surface area contributed by atoms with Crippen LogP contribution < -0.4 is 0 Å². The van der Waals surface area contributed by atoms with E-state index in [1.807, 2.05) is 0 Å². The Kier molecular flexibility index (Phi) is 3.47. The van der Waals surface area contributed by atoms with Gasteiger partial charge in [-0.3, -0.25) is 4.79 Å². The summed E-state index contributed by atoms with van der Waals surface area (Å²) < 4.78 is 12.3. The molecule has 5 rings (SSSR count). The van der Waals surface area contributed by atoms with Gasteiger partial charge < -0.3 is 19.7 Å². The minimum absolute atomic E-state index is 0.0135. The summed E-state index contributed by atoms with van der Waals surface area (Å²) in [5.41, 5.74) is 0.751. The Hall–Kier alpha value is -0.750. The Bertz CT molecular complexity index is 676. The maximum atomic E-state index is 13.2. The predicted molar refractivity (Wildman–Crippen MR) is 93.9 cm³/mol.